The third kappa shape index (κ3) is 3.46. The van der Waals surface area contributed by atoms with Crippen LogP contribution in [0.25, 0.3) is 0 Å². The summed E-state index contributed by atoms with van der Waals surface area (Å²) in [5.74, 6) is -0.0339. The van der Waals surface area contributed by atoms with Gasteiger partial charge in [-0.25, -0.2) is 9.97 Å². The zero-order chi connectivity index (χ0) is 14.0. The minimum Gasteiger partial charge on any atom is -0.343 e. The molecule has 0 aliphatic rings. The number of nitrogens with zero attached hydrogens (tertiary/aromatic N) is 3. The second-order valence-corrected chi connectivity index (χ2v) is 5.27. The van der Waals surface area contributed by atoms with Crippen molar-refractivity contribution in [2.75, 3.05) is 5.32 Å². The normalized spacial score (nSPS) is 10.5. The SMILES string of the molecule is CCn1cc(Br)cc1C(=O)Nc1cc(Cl)nc(Cl)n1. The highest BCUT2D eigenvalue weighted by atomic mass is 79.9. The molecule has 2 heterocycles. The molecule has 0 spiro atoms. The fourth-order valence-electron chi connectivity index (χ4n) is 1.56. The standard InChI is InChI=1S/C11H9BrCl2N4O/c1-2-18-5-6(12)3-7(18)10(19)16-9-4-8(13)15-11(14)17-9/h3-5H,2H2,1H3,(H,15,16,17,19). The first-order valence-electron chi connectivity index (χ1n) is 5.36. The predicted octanol–water partition coefficient (Wildman–Crippen LogP) is 3.62. The molecule has 2 aromatic heterocycles. The van der Waals surface area contributed by atoms with Crippen LogP contribution in [0.1, 0.15) is 17.4 Å². The minimum atomic E-state index is -0.293. The van der Waals surface area contributed by atoms with Gasteiger partial charge in [-0.2, -0.15) is 0 Å². The average molecular weight is 364 g/mol. The summed E-state index contributed by atoms with van der Waals surface area (Å²) in [6, 6.07) is 3.16. The van der Waals surface area contributed by atoms with Crippen LogP contribution in [0.2, 0.25) is 10.4 Å². The second-order valence-electron chi connectivity index (χ2n) is 3.63. The van der Waals surface area contributed by atoms with Crippen LogP contribution in [0.4, 0.5) is 5.82 Å². The zero-order valence-electron chi connectivity index (χ0n) is 9.82. The maximum atomic E-state index is 12.1. The molecule has 0 aliphatic heterocycles. The largest absolute Gasteiger partial charge is 0.343 e. The van der Waals surface area contributed by atoms with Crippen LogP contribution < -0.4 is 5.32 Å². The zero-order valence-corrected chi connectivity index (χ0v) is 12.9. The van der Waals surface area contributed by atoms with Crippen molar-refractivity contribution in [3.05, 3.63) is 38.9 Å². The Kier molecular flexibility index (Phi) is 4.44. The van der Waals surface area contributed by atoms with Crippen molar-refractivity contribution >= 4 is 50.9 Å². The Morgan fingerprint density at radius 1 is 1.42 bits per heavy atom. The van der Waals surface area contributed by atoms with Gasteiger partial charge in [0.05, 0.1) is 0 Å². The van der Waals surface area contributed by atoms with Gasteiger partial charge in [0.25, 0.3) is 5.91 Å². The number of hydrogen-bond donors (Lipinski definition) is 1. The molecule has 0 atom stereocenters. The molecule has 100 valence electrons. The van der Waals surface area contributed by atoms with Crippen LogP contribution in [0.3, 0.4) is 0 Å². The summed E-state index contributed by atoms with van der Waals surface area (Å²) in [5, 5.41) is 2.78. The van der Waals surface area contributed by atoms with Crippen molar-refractivity contribution in [3.8, 4) is 0 Å². The molecule has 19 heavy (non-hydrogen) atoms. The molecule has 2 aromatic rings. The van der Waals surface area contributed by atoms with E-state index < -0.39 is 0 Å². The van der Waals surface area contributed by atoms with Crippen LogP contribution in [0, 0.1) is 0 Å². The molecule has 2 rings (SSSR count). The van der Waals surface area contributed by atoms with E-state index in [0.29, 0.717) is 12.2 Å². The quantitative estimate of drug-likeness (QED) is 0.669. The van der Waals surface area contributed by atoms with Gasteiger partial charge >= 0.3 is 0 Å². The fourth-order valence-corrected chi connectivity index (χ4v) is 2.43. The third-order valence-corrected chi connectivity index (χ3v) is 3.14. The highest BCUT2D eigenvalue weighted by Gasteiger charge is 2.13. The number of rotatable bonds is 3. The Balaban J connectivity index is 2.25. The molecular weight excluding hydrogens is 355 g/mol. The number of hydrogen-bond acceptors (Lipinski definition) is 3. The summed E-state index contributed by atoms with van der Waals surface area (Å²) in [6.07, 6.45) is 1.83. The number of amides is 1. The van der Waals surface area contributed by atoms with Gasteiger partial charge in [-0.3, -0.25) is 4.79 Å². The minimum absolute atomic E-state index is 0.0187. The molecule has 0 radical (unpaired) electrons. The van der Waals surface area contributed by atoms with Gasteiger partial charge in [-0.05, 0) is 40.5 Å². The molecule has 1 amide bonds. The van der Waals surface area contributed by atoms with Gasteiger partial charge in [0.2, 0.25) is 5.28 Å². The lowest BCUT2D eigenvalue weighted by molar-refractivity contribution is 0.101. The predicted molar refractivity (Wildman–Crippen MR) is 77.8 cm³/mol. The molecule has 1 N–H and O–H groups in total. The molecule has 8 heteroatoms. The molecule has 0 bridgehead atoms. The van der Waals surface area contributed by atoms with E-state index in [1.807, 2.05) is 17.7 Å². The summed E-state index contributed by atoms with van der Waals surface area (Å²) in [4.78, 5) is 19.7. The first-order valence-corrected chi connectivity index (χ1v) is 6.91. The van der Waals surface area contributed by atoms with Crippen molar-refractivity contribution in [2.45, 2.75) is 13.5 Å². The van der Waals surface area contributed by atoms with Crippen molar-refractivity contribution in [3.63, 3.8) is 0 Å². The average Bonchev–Trinajstić information content (AvgIpc) is 2.69. The highest BCUT2D eigenvalue weighted by Crippen LogP contribution is 2.18. The van der Waals surface area contributed by atoms with Crippen LogP contribution in [-0.2, 0) is 6.54 Å². The lowest BCUT2D eigenvalue weighted by Crippen LogP contribution is -2.17. The molecule has 0 aromatic carbocycles. The molecule has 0 saturated heterocycles. The first-order chi connectivity index (χ1) is 8.99. The Labute approximate surface area is 128 Å². The topological polar surface area (TPSA) is 59.8 Å². The number of carbonyl (C=O) groups excluding carboxylic acids is 1. The number of aryl methyl sites for hydroxylation is 1. The van der Waals surface area contributed by atoms with Gasteiger partial charge in [-0.15, -0.1) is 0 Å². The molecule has 5 nitrogen and oxygen atoms in total. The van der Waals surface area contributed by atoms with Crippen LogP contribution >= 0.6 is 39.1 Å². The second kappa shape index (κ2) is 5.90. The van der Waals surface area contributed by atoms with E-state index in [9.17, 15) is 4.79 Å². The number of carbonyl (C=O) groups is 1. The summed E-state index contributed by atoms with van der Waals surface area (Å²) < 4.78 is 2.64. The van der Waals surface area contributed by atoms with Crippen molar-refractivity contribution in [2.24, 2.45) is 0 Å². The Morgan fingerprint density at radius 3 is 2.79 bits per heavy atom. The Morgan fingerprint density at radius 2 is 2.16 bits per heavy atom. The number of anilines is 1. The molecular formula is C11H9BrCl2N4O. The lowest BCUT2D eigenvalue weighted by atomic mass is 10.4. The van der Waals surface area contributed by atoms with E-state index in [4.69, 9.17) is 23.2 Å². The summed E-state index contributed by atoms with van der Waals surface area (Å²) in [6.45, 7) is 2.63. The van der Waals surface area contributed by atoms with E-state index in [-0.39, 0.29) is 22.2 Å². The van der Waals surface area contributed by atoms with E-state index in [0.717, 1.165) is 4.47 Å². The van der Waals surface area contributed by atoms with Crippen LogP contribution in [0.15, 0.2) is 22.8 Å². The fraction of sp³-hybridized carbons (Fsp3) is 0.182. The summed E-state index contributed by atoms with van der Waals surface area (Å²) in [5.41, 5.74) is 0.514. The van der Waals surface area contributed by atoms with Crippen molar-refractivity contribution in [1.29, 1.82) is 0 Å². The van der Waals surface area contributed by atoms with E-state index >= 15 is 0 Å². The lowest BCUT2D eigenvalue weighted by Gasteiger charge is -2.07. The molecule has 0 saturated carbocycles. The van der Waals surface area contributed by atoms with E-state index in [1.165, 1.54) is 6.07 Å². The maximum Gasteiger partial charge on any atom is 0.273 e. The first kappa shape index (κ1) is 14.3. The highest BCUT2D eigenvalue weighted by molar-refractivity contribution is 9.10. The van der Waals surface area contributed by atoms with Crippen LogP contribution in [-0.4, -0.2) is 20.4 Å². The molecule has 0 aliphatic carbocycles. The number of nitrogens with one attached hydrogen (secondary N) is 1. The van der Waals surface area contributed by atoms with Gasteiger partial charge in [0, 0.05) is 23.3 Å². The monoisotopic (exact) mass is 362 g/mol. The number of aromatic nitrogens is 3. The van der Waals surface area contributed by atoms with E-state index in [2.05, 4.69) is 31.2 Å². The Hall–Kier alpha value is -1.11. The van der Waals surface area contributed by atoms with Crippen molar-refractivity contribution in [1.82, 2.24) is 14.5 Å². The summed E-state index contributed by atoms with van der Waals surface area (Å²) in [7, 11) is 0. The van der Waals surface area contributed by atoms with Gasteiger partial charge in [-0.1, -0.05) is 11.6 Å². The van der Waals surface area contributed by atoms with Gasteiger partial charge in [0.15, 0.2) is 0 Å². The molecule has 0 unspecified atom stereocenters. The third-order valence-electron chi connectivity index (χ3n) is 2.35. The summed E-state index contributed by atoms with van der Waals surface area (Å²) >= 11 is 14.7. The number of halogens is 3. The van der Waals surface area contributed by atoms with Gasteiger partial charge in [0.1, 0.15) is 16.7 Å². The smallest absolute Gasteiger partial charge is 0.273 e. The maximum absolute atomic E-state index is 12.1. The molecule has 0 fully saturated rings. The van der Waals surface area contributed by atoms with Crippen molar-refractivity contribution < 1.29 is 4.79 Å². The van der Waals surface area contributed by atoms with E-state index in [1.54, 1.807) is 6.07 Å². The van der Waals surface area contributed by atoms with Crippen LogP contribution in [0.5, 0.6) is 0 Å². The van der Waals surface area contributed by atoms with Gasteiger partial charge < -0.3 is 9.88 Å². The Bertz CT molecular complexity index is 609.